The molecule has 7 heteroatoms. The minimum atomic E-state index is -0.525. The molecule has 1 heterocycles. The van der Waals surface area contributed by atoms with Crippen molar-refractivity contribution in [2.24, 2.45) is 10.7 Å². The summed E-state index contributed by atoms with van der Waals surface area (Å²) < 4.78 is 9.74. The number of ether oxygens (including phenoxy) is 2. The molecule has 1 aromatic rings. The van der Waals surface area contributed by atoms with E-state index in [0.717, 1.165) is 4.88 Å². The molecule has 0 amide bonds. The Labute approximate surface area is 133 Å². The van der Waals surface area contributed by atoms with Gasteiger partial charge in [0.2, 0.25) is 0 Å². The second kappa shape index (κ2) is 7.74. The summed E-state index contributed by atoms with van der Waals surface area (Å²) in [6.07, 6.45) is 3.01. The van der Waals surface area contributed by atoms with Crippen molar-refractivity contribution in [1.82, 2.24) is 0 Å². The summed E-state index contributed by atoms with van der Waals surface area (Å²) in [4.78, 5) is 27.9. The SMILES string of the molecule is COC(=O)c1ccc(C(N)=CC=NCC(=O)OC(C)(C)C)s1. The van der Waals surface area contributed by atoms with Gasteiger partial charge >= 0.3 is 11.9 Å². The molecule has 0 fully saturated rings. The van der Waals surface area contributed by atoms with Crippen LogP contribution >= 0.6 is 11.3 Å². The monoisotopic (exact) mass is 324 g/mol. The third-order valence-corrected chi connectivity index (χ3v) is 3.39. The lowest BCUT2D eigenvalue weighted by molar-refractivity contribution is -0.152. The molecule has 0 saturated heterocycles. The van der Waals surface area contributed by atoms with Gasteiger partial charge in [0, 0.05) is 6.21 Å². The van der Waals surface area contributed by atoms with Crippen molar-refractivity contribution in [3.05, 3.63) is 28.0 Å². The number of rotatable bonds is 5. The summed E-state index contributed by atoms with van der Waals surface area (Å²) in [5, 5.41) is 0. The lowest BCUT2D eigenvalue weighted by Gasteiger charge is -2.18. The minimum absolute atomic E-state index is 0.0705. The summed E-state index contributed by atoms with van der Waals surface area (Å²) >= 11 is 1.22. The number of nitrogens with zero attached hydrogens (tertiary/aromatic N) is 1. The summed E-state index contributed by atoms with van der Waals surface area (Å²) in [6, 6.07) is 3.37. The van der Waals surface area contributed by atoms with Gasteiger partial charge in [0.1, 0.15) is 17.0 Å². The van der Waals surface area contributed by atoms with E-state index in [1.807, 2.05) is 0 Å². The van der Waals surface area contributed by atoms with Gasteiger partial charge < -0.3 is 15.2 Å². The number of carbonyl (C=O) groups excluding carboxylic acids is 2. The van der Waals surface area contributed by atoms with E-state index >= 15 is 0 Å². The number of aliphatic imine (C=N–C) groups is 1. The molecule has 0 aliphatic rings. The first-order valence-corrected chi connectivity index (χ1v) is 7.40. The molecule has 0 bridgehead atoms. The van der Waals surface area contributed by atoms with Gasteiger partial charge in [-0.3, -0.25) is 9.79 Å². The zero-order valence-corrected chi connectivity index (χ0v) is 13.9. The van der Waals surface area contributed by atoms with Crippen LogP contribution in [0.5, 0.6) is 0 Å². The van der Waals surface area contributed by atoms with Crippen LogP contribution in [0.4, 0.5) is 0 Å². The molecule has 1 rings (SSSR count). The first-order chi connectivity index (χ1) is 10.2. The van der Waals surface area contributed by atoms with Crippen molar-refractivity contribution in [2.45, 2.75) is 26.4 Å². The fraction of sp³-hybridized carbons (Fsp3) is 0.400. The van der Waals surface area contributed by atoms with Crippen molar-refractivity contribution in [3.63, 3.8) is 0 Å². The van der Waals surface area contributed by atoms with Crippen molar-refractivity contribution in [3.8, 4) is 0 Å². The van der Waals surface area contributed by atoms with E-state index < -0.39 is 17.5 Å². The normalized spacial score (nSPS) is 12.5. The Kier molecular flexibility index (Phi) is 6.30. The molecule has 0 aromatic carbocycles. The zero-order valence-electron chi connectivity index (χ0n) is 13.1. The van der Waals surface area contributed by atoms with Crippen LogP contribution < -0.4 is 5.73 Å². The quantitative estimate of drug-likeness (QED) is 0.662. The van der Waals surface area contributed by atoms with E-state index in [1.54, 1.807) is 39.0 Å². The lowest BCUT2D eigenvalue weighted by Crippen LogP contribution is -2.25. The lowest BCUT2D eigenvalue weighted by atomic mass is 10.2. The minimum Gasteiger partial charge on any atom is -0.465 e. The highest BCUT2D eigenvalue weighted by Crippen LogP contribution is 2.21. The van der Waals surface area contributed by atoms with E-state index in [0.29, 0.717) is 10.6 Å². The highest BCUT2D eigenvalue weighted by atomic mass is 32.1. The number of thiophene rings is 1. The number of allylic oxidation sites excluding steroid dienone is 1. The molecule has 6 nitrogen and oxygen atoms in total. The molecule has 2 N–H and O–H groups in total. The number of esters is 2. The van der Waals surface area contributed by atoms with E-state index in [2.05, 4.69) is 9.73 Å². The van der Waals surface area contributed by atoms with Crippen LogP contribution in [0.3, 0.4) is 0 Å². The van der Waals surface area contributed by atoms with Crippen LogP contribution in [0, 0.1) is 0 Å². The number of methoxy groups -OCH3 is 1. The Hall–Kier alpha value is -2.15. The highest BCUT2D eigenvalue weighted by molar-refractivity contribution is 7.15. The summed E-state index contributed by atoms with van der Waals surface area (Å²) in [5.74, 6) is -0.803. The van der Waals surface area contributed by atoms with Crippen LogP contribution in [-0.4, -0.2) is 37.4 Å². The smallest absolute Gasteiger partial charge is 0.348 e. The van der Waals surface area contributed by atoms with Crippen LogP contribution in [-0.2, 0) is 14.3 Å². The van der Waals surface area contributed by atoms with Gasteiger partial charge in [0.25, 0.3) is 0 Å². The number of nitrogens with two attached hydrogens (primary N) is 1. The predicted molar refractivity (Wildman–Crippen MR) is 87.0 cm³/mol. The molecule has 0 atom stereocenters. The van der Waals surface area contributed by atoms with Crippen LogP contribution in [0.15, 0.2) is 23.2 Å². The largest absolute Gasteiger partial charge is 0.465 e. The van der Waals surface area contributed by atoms with Crippen molar-refractivity contribution in [2.75, 3.05) is 13.7 Å². The average molecular weight is 324 g/mol. The molecule has 0 aliphatic heterocycles. The van der Waals surface area contributed by atoms with E-state index in [1.165, 1.54) is 24.7 Å². The van der Waals surface area contributed by atoms with Gasteiger partial charge in [0.05, 0.1) is 17.7 Å². The number of carbonyl (C=O) groups is 2. The number of hydrogen-bond acceptors (Lipinski definition) is 7. The van der Waals surface area contributed by atoms with Gasteiger partial charge in [-0.1, -0.05) is 0 Å². The summed E-state index contributed by atoms with van der Waals surface area (Å²) in [7, 11) is 1.32. The van der Waals surface area contributed by atoms with Gasteiger partial charge in [-0.2, -0.15) is 0 Å². The molecule has 0 unspecified atom stereocenters. The fourth-order valence-corrected chi connectivity index (χ4v) is 2.28. The van der Waals surface area contributed by atoms with Crippen molar-refractivity contribution < 1.29 is 19.1 Å². The van der Waals surface area contributed by atoms with Gasteiger partial charge in [-0.25, -0.2) is 4.79 Å². The van der Waals surface area contributed by atoms with Gasteiger partial charge in [-0.15, -0.1) is 11.3 Å². The predicted octanol–water partition coefficient (Wildman–Crippen LogP) is 2.25. The van der Waals surface area contributed by atoms with E-state index in [4.69, 9.17) is 10.5 Å². The van der Waals surface area contributed by atoms with Gasteiger partial charge in [0.15, 0.2) is 0 Å². The maximum absolute atomic E-state index is 11.4. The summed E-state index contributed by atoms with van der Waals surface area (Å²) in [5.41, 5.74) is 5.81. The third kappa shape index (κ3) is 6.09. The molecule has 0 saturated carbocycles. The van der Waals surface area contributed by atoms with E-state index in [9.17, 15) is 9.59 Å². The second-order valence-corrected chi connectivity index (χ2v) is 6.44. The van der Waals surface area contributed by atoms with Crippen LogP contribution in [0.25, 0.3) is 5.70 Å². The molecule has 120 valence electrons. The van der Waals surface area contributed by atoms with Crippen LogP contribution in [0.1, 0.15) is 35.3 Å². The number of hydrogen-bond donors (Lipinski definition) is 1. The fourth-order valence-electron chi connectivity index (χ4n) is 1.42. The van der Waals surface area contributed by atoms with Crippen LogP contribution in [0.2, 0.25) is 0 Å². The van der Waals surface area contributed by atoms with Crippen molar-refractivity contribution in [1.29, 1.82) is 0 Å². The zero-order chi connectivity index (χ0) is 16.8. The Bertz CT molecular complexity index is 597. The molecular weight excluding hydrogens is 304 g/mol. The first-order valence-electron chi connectivity index (χ1n) is 6.59. The average Bonchev–Trinajstić information content (AvgIpc) is 2.90. The topological polar surface area (TPSA) is 91.0 Å². The Balaban J connectivity index is 2.59. The molecule has 0 aliphatic carbocycles. The van der Waals surface area contributed by atoms with E-state index in [-0.39, 0.29) is 6.54 Å². The Morgan fingerprint density at radius 2 is 1.95 bits per heavy atom. The maximum atomic E-state index is 11.4. The Morgan fingerprint density at radius 1 is 1.32 bits per heavy atom. The Morgan fingerprint density at radius 3 is 2.55 bits per heavy atom. The molecule has 22 heavy (non-hydrogen) atoms. The first kappa shape index (κ1) is 17.9. The summed E-state index contributed by atoms with van der Waals surface area (Å²) in [6.45, 7) is 5.31. The second-order valence-electron chi connectivity index (χ2n) is 5.35. The third-order valence-electron chi connectivity index (χ3n) is 2.28. The maximum Gasteiger partial charge on any atom is 0.348 e. The molecule has 0 spiro atoms. The molecule has 0 radical (unpaired) electrons. The van der Waals surface area contributed by atoms with Gasteiger partial charge in [-0.05, 0) is 39.0 Å². The molecule has 1 aromatic heterocycles. The standard InChI is InChI=1S/C15H20N2O4S/c1-15(2,3)21-13(18)9-17-8-7-10(16)11-5-6-12(22-11)14(19)20-4/h5-8H,9,16H2,1-4H3. The molecular formula is C15H20N2O4S. The van der Waals surface area contributed by atoms with Crippen molar-refractivity contribution >= 4 is 35.2 Å². The highest BCUT2D eigenvalue weighted by Gasteiger charge is 2.15.